The molecule has 0 fully saturated rings. The predicted molar refractivity (Wildman–Crippen MR) is 131 cm³/mol. The van der Waals surface area contributed by atoms with E-state index in [1.54, 1.807) is 6.07 Å². The summed E-state index contributed by atoms with van der Waals surface area (Å²) in [4.78, 5) is 34.0. The minimum absolute atomic E-state index is 0.161. The standard InChI is InChI=1S/C24H32Cl2N4O2/c1-14-17(10-8-9-15-11-12-16(25)13-18(15)26)19(28-20(31)23(2,3)4)29-22(27-14)30-21(32)24(5,6)7/h11-13H,8-10H2,1-7H3,(H2,27,28,29,30,31,32). The van der Waals surface area contributed by atoms with Crippen LogP contribution in [-0.4, -0.2) is 21.8 Å². The van der Waals surface area contributed by atoms with Crippen LogP contribution in [0.25, 0.3) is 0 Å². The van der Waals surface area contributed by atoms with Gasteiger partial charge in [0.1, 0.15) is 5.82 Å². The minimum Gasteiger partial charge on any atom is -0.310 e. The maximum Gasteiger partial charge on any atom is 0.232 e. The van der Waals surface area contributed by atoms with Crippen LogP contribution in [0.2, 0.25) is 10.0 Å². The molecular weight excluding hydrogens is 447 g/mol. The van der Waals surface area contributed by atoms with E-state index in [4.69, 9.17) is 23.2 Å². The van der Waals surface area contributed by atoms with E-state index < -0.39 is 10.8 Å². The van der Waals surface area contributed by atoms with Crippen molar-refractivity contribution in [3.63, 3.8) is 0 Å². The number of aryl methyl sites for hydroxylation is 2. The molecule has 0 saturated heterocycles. The van der Waals surface area contributed by atoms with Crippen LogP contribution in [0.5, 0.6) is 0 Å². The Hall–Kier alpha value is -2.18. The highest BCUT2D eigenvalue weighted by atomic mass is 35.5. The molecule has 2 aromatic rings. The Morgan fingerprint density at radius 1 is 0.906 bits per heavy atom. The van der Waals surface area contributed by atoms with Crippen molar-refractivity contribution >= 4 is 46.8 Å². The van der Waals surface area contributed by atoms with Gasteiger partial charge in [-0.2, -0.15) is 4.98 Å². The van der Waals surface area contributed by atoms with Crippen molar-refractivity contribution in [3.8, 4) is 0 Å². The summed E-state index contributed by atoms with van der Waals surface area (Å²) in [5, 5.41) is 6.91. The van der Waals surface area contributed by atoms with Gasteiger partial charge >= 0.3 is 0 Å². The summed E-state index contributed by atoms with van der Waals surface area (Å²) < 4.78 is 0. The fraction of sp³-hybridized carbons (Fsp3) is 0.500. The van der Waals surface area contributed by atoms with Crippen molar-refractivity contribution in [3.05, 3.63) is 45.1 Å². The molecule has 0 aliphatic heterocycles. The molecule has 0 bridgehead atoms. The first-order valence-corrected chi connectivity index (χ1v) is 11.4. The largest absolute Gasteiger partial charge is 0.310 e. The molecular formula is C24H32Cl2N4O2. The van der Waals surface area contributed by atoms with Gasteiger partial charge in [0, 0.05) is 32.1 Å². The molecule has 0 aliphatic rings. The number of nitrogens with zero attached hydrogens (tertiary/aromatic N) is 2. The average Bonchev–Trinajstić information content (AvgIpc) is 2.63. The number of rotatable bonds is 6. The first-order valence-electron chi connectivity index (χ1n) is 10.6. The fourth-order valence-corrected chi connectivity index (χ4v) is 3.32. The molecule has 6 nitrogen and oxygen atoms in total. The minimum atomic E-state index is -0.595. The third-order valence-electron chi connectivity index (χ3n) is 4.92. The van der Waals surface area contributed by atoms with Gasteiger partial charge in [-0.3, -0.25) is 14.9 Å². The van der Waals surface area contributed by atoms with Crippen molar-refractivity contribution in [2.45, 2.75) is 67.7 Å². The molecule has 8 heteroatoms. The maximum absolute atomic E-state index is 12.7. The molecule has 2 rings (SSSR count). The molecule has 0 unspecified atom stereocenters. The second-order valence-electron chi connectivity index (χ2n) is 9.96. The Morgan fingerprint density at radius 3 is 2.06 bits per heavy atom. The number of benzene rings is 1. The second kappa shape index (κ2) is 10.2. The molecule has 1 aromatic carbocycles. The van der Waals surface area contributed by atoms with Crippen LogP contribution in [0, 0.1) is 17.8 Å². The summed E-state index contributed by atoms with van der Waals surface area (Å²) in [6, 6.07) is 5.47. The number of amides is 2. The van der Waals surface area contributed by atoms with Crippen LogP contribution in [-0.2, 0) is 22.4 Å². The van der Waals surface area contributed by atoms with Crippen molar-refractivity contribution < 1.29 is 9.59 Å². The van der Waals surface area contributed by atoms with Crippen LogP contribution in [0.15, 0.2) is 18.2 Å². The highest BCUT2D eigenvalue weighted by Gasteiger charge is 2.26. The lowest BCUT2D eigenvalue weighted by molar-refractivity contribution is -0.123. The van der Waals surface area contributed by atoms with Gasteiger partial charge in [-0.05, 0) is 43.9 Å². The lowest BCUT2D eigenvalue weighted by Gasteiger charge is -2.21. The summed E-state index contributed by atoms with van der Waals surface area (Å²) in [6.45, 7) is 12.8. The van der Waals surface area contributed by atoms with E-state index >= 15 is 0 Å². The average molecular weight is 479 g/mol. The Labute approximate surface area is 200 Å². The normalized spacial score (nSPS) is 11.9. The summed E-state index contributed by atoms with van der Waals surface area (Å²) in [7, 11) is 0. The van der Waals surface area contributed by atoms with Crippen LogP contribution < -0.4 is 10.6 Å². The number of aromatic nitrogens is 2. The molecule has 0 radical (unpaired) electrons. The third kappa shape index (κ3) is 7.17. The number of hydrogen-bond acceptors (Lipinski definition) is 4. The number of hydrogen-bond donors (Lipinski definition) is 2. The van der Waals surface area contributed by atoms with Crippen molar-refractivity contribution in [2.24, 2.45) is 10.8 Å². The molecule has 1 aromatic heterocycles. The fourth-order valence-electron chi connectivity index (χ4n) is 2.82. The van der Waals surface area contributed by atoms with Crippen LogP contribution in [0.1, 0.15) is 64.8 Å². The van der Waals surface area contributed by atoms with Gasteiger partial charge in [0.05, 0.1) is 0 Å². The lowest BCUT2D eigenvalue weighted by atomic mass is 9.95. The zero-order valence-corrected chi connectivity index (χ0v) is 21.3. The third-order valence-corrected chi connectivity index (χ3v) is 5.51. The van der Waals surface area contributed by atoms with Gasteiger partial charge in [-0.25, -0.2) is 4.98 Å². The first kappa shape index (κ1) is 26.1. The zero-order chi connectivity index (χ0) is 24.3. The van der Waals surface area contributed by atoms with Crippen LogP contribution in [0.4, 0.5) is 11.8 Å². The van der Waals surface area contributed by atoms with Gasteiger partial charge in [-0.1, -0.05) is 70.8 Å². The topological polar surface area (TPSA) is 84.0 Å². The summed E-state index contributed by atoms with van der Waals surface area (Å²) >= 11 is 12.3. The van der Waals surface area contributed by atoms with E-state index in [9.17, 15) is 9.59 Å². The summed E-state index contributed by atoms with van der Waals surface area (Å²) in [6.07, 6.45) is 2.15. The van der Waals surface area contributed by atoms with E-state index in [-0.39, 0.29) is 17.8 Å². The molecule has 0 saturated carbocycles. The summed E-state index contributed by atoms with van der Waals surface area (Å²) in [5.74, 6) is 0.237. The summed E-state index contributed by atoms with van der Waals surface area (Å²) in [5.41, 5.74) is 1.35. The molecule has 2 amide bonds. The molecule has 0 aliphatic carbocycles. The highest BCUT2D eigenvalue weighted by Crippen LogP contribution is 2.27. The van der Waals surface area contributed by atoms with Gasteiger partial charge in [0.2, 0.25) is 17.8 Å². The van der Waals surface area contributed by atoms with Gasteiger partial charge < -0.3 is 5.32 Å². The predicted octanol–water partition coefficient (Wildman–Crippen LogP) is 6.24. The number of anilines is 2. The van der Waals surface area contributed by atoms with E-state index in [0.717, 1.165) is 24.0 Å². The SMILES string of the molecule is Cc1nc(NC(=O)C(C)(C)C)nc(NC(=O)C(C)(C)C)c1CCCc1ccc(Cl)cc1Cl. The molecule has 0 spiro atoms. The number of halogens is 2. The first-order chi connectivity index (χ1) is 14.7. The number of carbonyl (C=O) groups excluding carboxylic acids is 2. The Morgan fingerprint density at radius 2 is 1.50 bits per heavy atom. The van der Waals surface area contributed by atoms with Crippen molar-refractivity contribution in [2.75, 3.05) is 10.6 Å². The van der Waals surface area contributed by atoms with E-state index in [1.165, 1.54) is 0 Å². The van der Waals surface area contributed by atoms with Gasteiger partial charge in [-0.15, -0.1) is 0 Å². The second-order valence-corrected chi connectivity index (χ2v) is 10.8. The Kier molecular flexibility index (Phi) is 8.29. The lowest BCUT2D eigenvalue weighted by Crippen LogP contribution is -2.30. The smallest absolute Gasteiger partial charge is 0.232 e. The monoisotopic (exact) mass is 478 g/mol. The molecule has 1 heterocycles. The number of nitrogens with one attached hydrogen (secondary N) is 2. The van der Waals surface area contributed by atoms with Crippen LogP contribution in [0.3, 0.4) is 0 Å². The van der Waals surface area contributed by atoms with E-state index in [2.05, 4.69) is 20.6 Å². The van der Waals surface area contributed by atoms with Gasteiger partial charge in [0.25, 0.3) is 0 Å². The quantitative estimate of drug-likeness (QED) is 0.514. The maximum atomic E-state index is 12.7. The zero-order valence-electron chi connectivity index (χ0n) is 19.8. The Balaban J connectivity index is 2.30. The van der Waals surface area contributed by atoms with Crippen molar-refractivity contribution in [1.29, 1.82) is 0 Å². The van der Waals surface area contributed by atoms with Gasteiger partial charge in [0.15, 0.2) is 0 Å². The van der Waals surface area contributed by atoms with E-state index in [0.29, 0.717) is 28.0 Å². The van der Waals surface area contributed by atoms with Crippen LogP contribution >= 0.6 is 23.2 Å². The molecule has 174 valence electrons. The molecule has 0 atom stereocenters. The van der Waals surface area contributed by atoms with Crippen molar-refractivity contribution in [1.82, 2.24) is 9.97 Å². The number of carbonyl (C=O) groups is 2. The van der Waals surface area contributed by atoms with E-state index in [1.807, 2.05) is 60.6 Å². The Bertz CT molecular complexity index is 1010. The molecule has 2 N–H and O–H groups in total. The highest BCUT2D eigenvalue weighted by molar-refractivity contribution is 6.35. The molecule has 32 heavy (non-hydrogen) atoms.